The largest absolute Gasteiger partial charge is 0.326 e. The molecule has 0 aliphatic heterocycles. The van der Waals surface area contributed by atoms with Crippen molar-refractivity contribution in [2.45, 2.75) is 38.1 Å². The van der Waals surface area contributed by atoms with Crippen LogP contribution in [0.2, 0.25) is 0 Å². The Morgan fingerprint density at radius 2 is 1.79 bits per heavy atom. The van der Waals surface area contributed by atoms with Gasteiger partial charge >= 0.3 is 0 Å². The Labute approximate surface area is 114 Å². The number of sulfonamides is 1. The summed E-state index contributed by atoms with van der Waals surface area (Å²) in [5, 5.41) is 0. The van der Waals surface area contributed by atoms with Gasteiger partial charge in [-0.2, -0.15) is 4.31 Å². The van der Waals surface area contributed by atoms with E-state index in [0.29, 0.717) is 25.9 Å². The second-order valence-corrected chi connectivity index (χ2v) is 6.23. The van der Waals surface area contributed by atoms with Gasteiger partial charge < -0.3 is 5.73 Å². The average molecular weight is 288 g/mol. The summed E-state index contributed by atoms with van der Waals surface area (Å²) < 4.78 is 40.1. The van der Waals surface area contributed by atoms with E-state index in [4.69, 9.17) is 5.73 Å². The third-order valence-electron chi connectivity index (χ3n) is 2.84. The van der Waals surface area contributed by atoms with Crippen molar-refractivity contribution in [2.24, 2.45) is 5.73 Å². The van der Waals surface area contributed by atoms with E-state index in [-0.39, 0.29) is 17.0 Å². The van der Waals surface area contributed by atoms with Gasteiger partial charge in [-0.15, -0.1) is 0 Å². The molecule has 4 nitrogen and oxygen atoms in total. The van der Waals surface area contributed by atoms with Crippen molar-refractivity contribution in [3.8, 4) is 0 Å². The fourth-order valence-corrected chi connectivity index (χ4v) is 3.84. The molecule has 0 aliphatic carbocycles. The molecule has 0 aliphatic rings. The predicted octanol–water partition coefficient (Wildman–Crippen LogP) is 2.10. The molecule has 0 unspecified atom stereocenters. The van der Waals surface area contributed by atoms with Crippen LogP contribution in [0.5, 0.6) is 0 Å². The van der Waals surface area contributed by atoms with E-state index < -0.39 is 15.8 Å². The van der Waals surface area contributed by atoms with Gasteiger partial charge in [0.1, 0.15) is 5.82 Å². The molecular weight excluding hydrogens is 267 g/mol. The molecule has 0 heterocycles. The van der Waals surface area contributed by atoms with E-state index in [1.54, 1.807) is 0 Å². The lowest BCUT2D eigenvalue weighted by atomic mass is 10.2. The summed E-state index contributed by atoms with van der Waals surface area (Å²) in [6.45, 7) is 4.54. The fourth-order valence-electron chi connectivity index (χ4n) is 1.97. The summed E-state index contributed by atoms with van der Waals surface area (Å²) in [6, 6.07) is 4.04. The van der Waals surface area contributed by atoms with Gasteiger partial charge in [-0.25, -0.2) is 12.8 Å². The van der Waals surface area contributed by atoms with Gasteiger partial charge in [0.25, 0.3) is 0 Å². The third kappa shape index (κ3) is 3.52. The van der Waals surface area contributed by atoms with Gasteiger partial charge in [-0.3, -0.25) is 0 Å². The molecule has 1 aromatic rings. The Kier molecular flexibility index (Phi) is 5.90. The van der Waals surface area contributed by atoms with Crippen LogP contribution in [0, 0.1) is 5.82 Å². The minimum atomic E-state index is -3.68. The summed E-state index contributed by atoms with van der Waals surface area (Å²) in [4.78, 5) is -0.0168. The Morgan fingerprint density at radius 3 is 2.26 bits per heavy atom. The highest BCUT2D eigenvalue weighted by Gasteiger charge is 2.26. The van der Waals surface area contributed by atoms with Crippen LogP contribution < -0.4 is 5.73 Å². The molecule has 19 heavy (non-hydrogen) atoms. The normalized spacial score (nSPS) is 12.1. The van der Waals surface area contributed by atoms with E-state index in [9.17, 15) is 12.8 Å². The Hall–Kier alpha value is -0.980. The van der Waals surface area contributed by atoms with Crippen LogP contribution in [0.25, 0.3) is 0 Å². The van der Waals surface area contributed by atoms with Crippen LogP contribution >= 0.6 is 0 Å². The van der Waals surface area contributed by atoms with Crippen molar-refractivity contribution in [3.63, 3.8) is 0 Å². The summed E-state index contributed by atoms with van der Waals surface area (Å²) >= 11 is 0. The molecule has 0 saturated carbocycles. The molecule has 6 heteroatoms. The summed E-state index contributed by atoms with van der Waals surface area (Å²) in [5.41, 5.74) is 5.53. The predicted molar refractivity (Wildman–Crippen MR) is 73.6 cm³/mol. The Bertz CT molecular complexity index is 511. The third-order valence-corrected chi connectivity index (χ3v) is 4.83. The first kappa shape index (κ1) is 16.1. The Morgan fingerprint density at radius 1 is 1.21 bits per heavy atom. The molecule has 0 spiro atoms. The van der Waals surface area contributed by atoms with Crippen molar-refractivity contribution in [2.75, 3.05) is 13.1 Å². The molecule has 0 saturated heterocycles. The lowest BCUT2D eigenvalue weighted by Gasteiger charge is -2.22. The average Bonchev–Trinajstić information content (AvgIpc) is 2.38. The second-order valence-electron chi connectivity index (χ2n) is 4.32. The highest BCUT2D eigenvalue weighted by Crippen LogP contribution is 2.22. The number of nitrogens with two attached hydrogens (primary N) is 1. The summed E-state index contributed by atoms with van der Waals surface area (Å²) in [6.07, 6.45) is 1.43. The van der Waals surface area contributed by atoms with E-state index in [1.807, 2.05) is 13.8 Å². The molecule has 0 aromatic heterocycles. The fraction of sp³-hybridized carbons (Fsp3) is 0.538. The first-order valence-electron chi connectivity index (χ1n) is 6.46. The van der Waals surface area contributed by atoms with Crippen LogP contribution in [0.1, 0.15) is 32.3 Å². The van der Waals surface area contributed by atoms with E-state index in [1.165, 1.54) is 22.5 Å². The van der Waals surface area contributed by atoms with Gasteiger partial charge in [-0.1, -0.05) is 19.9 Å². The lowest BCUT2D eigenvalue weighted by molar-refractivity contribution is 0.409. The maximum Gasteiger partial charge on any atom is 0.243 e. The Balaban J connectivity index is 3.28. The molecule has 0 atom stereocenters. The van der Waals surface area contributed by atoms with Crippen molar-refractivity contribution < 1.29 is 12.8 Å². The molecule has 0 bridgehead atoms. The summed E-state index contributed by atoms with van der Waals surface area (Å²) in [7, 11) is -3.68. The number of hydrogen-bond donors (Lipinski definition) is 1. The number of hydrogen-bond acceptors (Lipinski definition) is 3. The molecule has 2 N–H and O–H groups in total. The van der Waals surface area contributed by atoms with E-state index >= 15 is 0 Å². The van der Waals surface area contributed by atoms with Gasteiger partial charge in [0.05, 0.1) is 4.90 Å². The highest BCUT2D eigenvalue weighted by atomic mass is 32.2. The summed E-state index contributed by atoms with van der Waals surface area (Å²) in [5.74, 6) is -0.573. The zero-order valence-electron chi connectivity index (χ0n) is 11.4. The zero-order valence-corrected chi connectivity index (χ0v) is 12.2. The van der Waals surface area contributed by atoms with Crippen molar-refractivity contribution in [1.29, 1.82) is 0 Å². The topological polar surface area (TPSA) is 63.4 Å². The molecule has 1 rings (SSSR count). The monoisotopic (exact) mass is 288 g/mol. The molecule has 108 valence electrons. The van der Waals surface area contributed by atoms with Crippen LogP contribution in [0.3, 0.4) is 0 Å². The molecular formula is C13H21FN2O2S. The van der Waals surface area contributed by atoms with Crippen LogP contribution in [-0.2, 0) is 16.6 Å². The maximum atomic E-state index is 13.7. The number of benzene rings is 1. The minimum Gasteiger partial charge on any atom is -0.326 e. The number of rotatable bonds is 7. The van der Waals surface area contributed by atoms with Crippen molar-refractivity contribution in [1.82, 2.24) is 4.31 Å². The smallest absolute Gasteiger partial charge is 0.243 e. The zero-order chi connectivity index (χ0) is 14.5. The molecule has 1 aromatic carbocycles. The lowest BCUT2D eigenvalue weighted by Crippen LogP contribution is -2.33. The van der Waals surface area contributed by atoms with Crippen molar-refractivity contribution in [3.05, 3.63) is 29.6 Å². The molecule has 0 fully saturated rings. The SMILES string of the molecule is CCCN(CCC)S(=O)(=O)c1cccc(F)c1CN. The van der Waals surface area contributed by atoms with Crippen LogP contribution in [0.4, 0.5) is 4.39 Å². The highest BCUT2D eigenvalue weighted by molar-refractivity contribution is 7.89. The number of halogens is 1. The van der Waals surface area contributed by atoms with E-state index in [2.05, 4.69) is 0 Å². The van der Waals surface area contributed by atoms with Crippen LogP contribution in [0.15, 0.2) is 23.1 Å². The van der Waals surface area contributed by atoms with E-state index in [0.717, 1.165) is 0 Å². The maximum absolute atomic E-state index is 13.7. The first-order chi connectivity index (χ1) is 8.98. The van der Waals surface area contributed by atoms with Crippen LogP contribution in [-0.4, -0.2) is 25.8 Å². The van der Waals surface area contributed by atoms with Crippen molar-refractivity contribution >= 4 is 10.0 Å². The quantitative estimate of drug-likeness (QED) is 0.835. The van der Waals surface area contributed by atoms with Gasteiger partial charge in [0.15, 0.2) is 0 Å². The first-order valence-corrected chi connectivity index (χ1v) is 7.90. The van der Waals surface area contributed by atoms with Gasteiger partial charge in [-0.05, 0) is 25.0 Å². The number of nitrogens with zero attached hydrogens (tertiary/aromatic N) is 1. The standard InChI is InChI=1S/C13H21FN2O2S/c1-3-8-16(9-4-2)19(17,18)13-7-5-6-12(14)11(13)10-15/h5-7H,3-4,8-10,15H2,1-2H3. The second kappa shape index (κ2) is 6.98. The minimum absolute atomic E-state index is 0.0168. The van der Waals surface area contributed by atoms with Gasteiger partial charge in [0.2, 0.25) is 10.0 Å². The van der Waals surface area contributed by atoms with Gasteiger partial charge in [0, 0.05) is 25.2 Å². The molecule has 0 radical (unpaired) electrons. The molecule has 0 amide bonds.